The molecule has 194 valence electrons. The zero-order valence-corrected chi connectivity index (χ0v) is 21.3. The molecule has 0 aliphatic carbocycles. The van der Waals surface area contributed by atoms with E-state index in [0.29, 0.717) is 47.4 Å². The maximum absolute atomic E-state index is 14.3. The van der Waals surface area contributed by atoms with E-state index in [0.717, 1.165) is 10.8 Å². The van der Waals surface area contributed by atoms with Crippen LogP contribution in [-0.2, 0) is 9.47 Å². The van der Waals surface area contributed by atoms with E-state index in [2.05, 4.69) is 9.72 Å². The van der Waals surface area contributed by atoms with Crippen LogP contribution < -0.4 is 10.5 Å². The highest BCUT2D eigenvalue weighted by molar-refractivity contribution is 6.17. The van der Waals surface area contributed by atoms with Crippen LogP contribution in [0, 0.1) is 5.82 Å². The second kappa shape index (κ2) is 11.0. The molecule has 5 rings (SSSR count). The average Bonchev–Trinajstić information content (AvgIpc) is 3.25. The number of amides is 2. The number of carbonyl (C=O) groups is 2. The number of fused-ring (bicyclic) bond motifs is 3. The van der Waals surface area contributed by atoms with Crippen molar-refractivity contribution in [2.75, 3.05) is 41.0 Å². The third-order valence-corrected chi connectivity index (χ3v) is 6.23. The van der Waals surface area contributed by atoms with Gasteiger partial charge >= 0.3 is 0 Å². The summed E-state index contributed by atoms with van der Waals surface area (Å²) in [6.07, 6.45) is -0.00570. The fourth-order valence-corrected chi connectivity index (χ4v) is 4.53. The summed E-state index contributed by atoms with van der Waals surface area (Å²) in [7, 11) is 4.65. The molecular weight excluding hydrogens is 477 g/mol. The van der Waals surface area contributed by atoms with Crippen LogP contribution in [0.5, 0.6) is 5.75 Å². The Hall–Kier alpha value is -3.95. The number of halogens is 1. The number of nitrogens with one attached hydrogen (secondary N) is 1. The van der Waals surface area contributed by atoms with Crippen molar-refractivity contribution in [2.24, 2.45) is 5.73 Å². The van der Waals surface area contributed by atoms with Crippen LogP contribution >= 0.6 is 0 Å². The van der Waals surface area contributed by atoms with Crippen LogP contribution in [0.4, 0.5) is 4.39 Å². The molecule has 37 heavy (non-hydrogen) atoms. The van der Waals surface area contributed by atoms with Crippen LogP contribution in [0.3, 0.4) is 0 Å². The Balaban J connectivity index is 0.00000102. The highest BCUT2D eigenvalue weighted by atomic mass is 19.1. The lowest BCUT2D eigenvalue weighted by molar-refractivity contribution is -0.0124. The van der Waals surface area contributed by atoms with Crippen LogP contribution in [0.2, 0.25) is 0 Å². The SMILES string of the molecule is COC.COc1ccc(-c2cc(C(N)=O)c3[nH]c4cc(C(=O)N5CCO[C@@H](C)C5)ccc4c3c2)cc1F. The lowest BCUT2D eigenvalue weighted by Gasteiger charge is -2.31. The van der Waals surface area contributed by atoms with Gasteiger partial charge in [-0.25, -0.2) is 4.39 Å². The molecule has 1 aliphatic heterocycles. The number of nitrogens with two attached hydrogens (primary N) is 1. The van der Waals surface area contributed by atoms with Gasteiger partial charge in [0.1, 0.15) is 0 Å². The summed E-state index contributed by atoms with van der Waals surface area (Å²) in [5.41, 5.74) is 9.04. The third kappa shape index (κ3) is 5.28. The topological polar surface area (TPSA) is 107 Å². The summed E-state index contributed by atoms with van der Waals surface area (Å²) < 4.78 is 29.1. The summed E-state index contributed by atoms with van der Waals surface area (Å²) in [6, 6.07) is 13.6. The van der Waals surface area contributed by atoms with Crippen LogP contribution in [-0.4, -0.2) is 68.8 Å². The summed E-state index contributed by atoms with van der Waals surface area (Å²) in [4.78, 5) is 30.4. The van der Waals surface area contributed by atoms with Gasteiger partial charge in [0.15, 0.2) is 11.6 Å². The van der Waals surface area contributed by atoms with Crippen molar-refractivity contribution in [1.29, 1.82) is 0 Å². The van der Waals surface area contributed by atoms with Crippen molar-refractivity contribution >= 4 is 33.6 Å². The van der Waals surface area contributed by atoms with Crippen LogP contribution in [0.1, 0.15) is 27.6 Å². The number of rotatable bonds is 4. The number of morpholine rings is 1. The average molecular weight is 508 g/mol. The molecule has 3 N–H and O–H groups in total. The number of hydrogen-bond acceptors (Lipinski definition) is 5. The minimum Gasteiger partial charge on any atom is -0.494 e. The summed E-state index contributed by atoms with van der Waals surface area (Å²) in [6.45, 7) is 3.54. The molecule has 0 radical (unpaired) electrons. The van der Waals surface area contributed by atoms with Crippen LogP contribution in [0.15, 0.2) is 48.5 Å². The zero-order chi connectivity index (χ0) is 26.7. The molecule has 4 aromatic rings. The number of methoxy groups -OCH3 is 2. The van der Waals surface area contributed by atoms with Crippen molar-refractivity contribution in [1.82, 2.24) is 9.88 Å². The second-order valence-corrected chi connectivity index (χ2v) is 8.89. The first-order valence-electron chi connectivity index (χ1n) is 11.8. The number of primary amides is 1. The van der Waals surface area contributed by atoms with Gasteiger partial charge in [-0.2, -0.15) is 0 Å². The minimum absolute atomic E-state index is 0.00570. The van der Waals surface area contributed by atoms with Gasteiger partial charge in [0.25, 0.3) is 11.8 Å². The summed E-state index contributed by atoms with van der Waals surface area (Å²) >= 11 is 0. The Kier molecular flexibility index (Phi) is 7.75. The number of aromatic amines is 1. The van der Waals surface area contributed by atoms with E-state index in [1.165, 1.54) is 13.2 Å². The lowest BCUT2D eigenvalue weighted by atomic mass is 9.98. The highest BCUT2D eigenvalue weighted by Crippen LogP contribution is 2.34. The predicted octanol–water partition coefficient (Wildman–Crippen LogP) is 4.36. The number of aromatic nitrogens is 1. The van der Waals surface area contributed by atoms with E-state index in [9.17, 15) is 14.0 Å². The summed E-state index contributed by atoms with van der Waals surface area (Å²) in [5, 5.41) is 1.59. The predicted molar refractivity (Wildman–Crippen MR) is 141 cm³/mol. The molecule has 1 fully saturated rings. The first kappa shape index (κ1) is 26.1. The number of benzene rings is 3. The van der Waals surface area contributed by atoms with Crippen LogP contribution in [0.25, 0.3) is 32.9 Å². The summed E-state index contributed by atoms with van der Waals surface area (Å²) in [5.74, 6) is -1.04. The maximum atomic E-state index is 14.3. The molecule has 1 aromatic heterocycles. The fourth-order valence-electron chi connectivity index (χ4n) is 4.53. The van der Waals surface area contributed by atoms with Crippen molar-refractivity contribution in [2.45, 2.75) is 13.0 Å². The zero-order valence-electron chi connectivity index (χ0n) is 21.3. The molecule has 0 unspecified atom stereocenters. The molecule has 8 nitrogen and oxygen atoms in total. The standard InChI is InChI=1S/C26H24FN3O4.C2H6O/c1-14-13-30(7-8-34-14)26(32)16-3-5-18-19-9-17(15-4-6-23(33-2)21(27)11-15)10-20(25(28)31)24(19)29-22(18)12-16;1-3-2/h3-6,9-12,14,29H,7-8,13H2,1-2H3,(H2,28,31);1-2H3/t14-;/m0./s1. The van der Waals surface area contributed by atoms with E-state index in [1.54, 1.807) is 49.5 Å². The van der Waals surface area contributed by atoms with E-state index >= 15 is 0 Å². The molecule has 0 saturated carbocycles. The molecule has 2 amide bonds. The molecular formula is C28H30FN3O5. The Morgan fingerprint density at radius 1 is 1.05 bits per heavy atom. The number of H-pyrrole nitrogens is 1. The van der Waals surface area contributed by atoms with Gasteiger partial charge in [-0.3, -0.25) is 9.59 Å². The number of hydrogen-bond donors (Lipinski definition) is 2. The number of ether oxygens (including phenoxy) is 3. The molecule has 0 bridgehead atoms. The Bertz CT molecular complexity index is 1470. The van der Waals surface area contributed by atoms with Crippen molar-refractivity contribution in [3.63, 3.8) is 0 Å². The number of carbonyl (C=O) groups excluding carboxylic acids is 2. The Labute approximate surface area is 214 Å². The van der Waals surface area contributed by atoms with Crippen molar-refractivity contribution in [3.05, 3.63) is 65.5 Å². The molecule has 1 saturated heterocycles. The molecule has 0 spiro atoms. The van der Waals surface area contributed by atoms with Gasteiger partial charge in [0.05, 0.1) is 30.9 Å². The Morgan fingerprint density at radius 2 is 1.81 bits per heavy atom. The van der Waals surface area contributed by atoms with Crippen molar-refractivity contribution < 1.29 is 28.2 Å². The highest BCUT2D eigenvalue weighted by Gasteiger charge is 2.23. The van der Waals surface area contributed by atoms with Gasteiger partial charge < -0.3 is 29.8 Å². The largest absolute Gasteiger partial charge is 0.494 e. The third-order valence-electron chi connectivity index (χ3n) is 6.23. The van der Waals surface area contributed by atoms with Gasteiger partial charge in [0.2, 0.25) is 0 Å². The first-order valence-corrected chi connectivity index (χ1v) is 11.8. The smallest absolute Gasteiger partial charge is 0.254 e. The van der Waals surface area contributed by atoms with Gasteiger partial charge in [-0.15, -0.1) is 0 Å². The van der Waals surface area contributed by atoms with Gasteiger partial charge in [-0.05, 0) is 54.4 Å². The van der Waals surface area contributed by atoms with E-state index < -0.39 is 11.7 Å². The van der Waals surface area contributed by atoms with E-state index in [4.69, 9.17) is 15.2 Å². The van der Waals surface area contributed by atoms with E-state index in [-0.39, 0.29) is 23.3 Å². The molecule has 9 heteroatoms. The molecule has 1 aliphatic rings. The second-order valence-electron chi connectivity index (χ2n) is 8.89. The number of nitrogens with zero attached hydrogens (tertiary/aromatic N) is 1. The van der Waals surface area contributed by atoms with E-state index in [1.807, 2.05) is 19.1 Å². The molecule has 1 atom stereocenters. The normalized spacial score (nSPS) is 15.4. The van der Waals surface area contributed by atoms with Gasteiger partial charge in [0, 0.05) is 49.2 Å². The fraction of sp³-hybridized carbons (Fsp3) is 0.286. The quantitative estimate of drug-likeness (QED) is 0.427. The monoisotopic (exact) mass is 507 g/mol. The maximum Gasteiger partial charge on any atom is 0.254 e. The van der Waals surface area contributed by atoms with Crippen molar-refractivity contribution in [3.8, 4) is 16.9 Å². The lowest BCUT2D eigenvalue weighted by Crippen LogP contribution is -2.44. The minimum atomic E-state index is -0.606. The molecule has 3 aromatic carbocycles. The Morgan fingerprint density at radius 3 is 2.46 bits per heavy atom. The first-order chi connectivity index (χ1) is 17.8. The molecule has 2 heterocycles. The van der Waals surface area contributed by atoms with Gasteiger partial charge in [-0.1, -0.05) is 12.1 Å².